The number of nitrogens with one attached hydrogen (secondary N) is 1. The molecule has 2 aromatic rings. The Hall–Kier alpha value is -2.16. The number of fused-ring (bicyclic) bond motifs is 1. The average molecular weight is 445 g/mol. The second-order valence-electron chi connectivity index (χ2n) is 6.14. The third-order valence-corrected chi connectivity index (χ3v) is 5.84. The lowest BCUT2D eigenvalue weighted by Gasteiger charge is -2.30. The van der Waals surface area contributed by atoms with Crippen molar-refractivity contribution in [3.63, 3.8) is 0 Å². The smallest absolute Gasteiger partial charge is 0.248 e. The van der Waals surface area contributed by atoms with Gasteiger partial charge in [-0.2, -0.15) is 0 Å². The van der Waals surface area contributed by atoms with Crippen molar-refractivity contribution in [2.45, 2.75) is 19.4 Å². The Balaban J connectivity index is 1.94. The summed E-state index contributed by atoms with van der Waals surface area (Å²) in [6.45, 7) is 1.82. The molecule has 0 spiro atoms. The molecule has 0 bridgehead atoms. The first kappa shape index (κ1) is 20.6. The number of hydrogen-bond acceptors (Lipinski definition) is 5. The quantitative estimate of drug-likeness (QED) is 0.729. The first-order valence-corrected chi connectivity index (χ1v) is 11.0. The summed E-state index contributed by atoms with van der Waals surface area (Å²) in [5.74, 6) is 0.569. The molecule has 0 aliphatic carbocycles. The summed E-state index contributed by atoms with van der Waals surface area (Å²) in [6.07, 6.45) is 1.23. The second-order valence-corrected chi connectivity index (χ2v) is 8.84. The van der Waals surface area contributed by atoms with E-state index in [9.17, 15) is 13.2 Å². The first-order chi connectivity index (χ1) is 13.2. The number of benzene rings is 2. The predicted molar refractivity (Wildman–Crippen MR) is 109 cm³/mol. The van der Waals surface area contributed by atoms with Crippen molar-refractivity contribution in [1.82, 2.24) is 0 Å². The highest BCUT2D eigenvalue weighted by Gasteiger charge is 2.33. The van der Waals surface area contributed by atoms with Gasteiger partial charge in [0.05, 0.1) is 17.0 Å². The van der Waals surface area contributed by atoms with Crippen LogP contribution in [0.25, 0.3) is 0 Å². The maximum absolute atomic E-state index is 12.9. The van der Waals surface area contributed by atoms with Crippen LogP contribution >= 0.6 is 23.2 Å². The van der Waals surface area contributed by atoms with Crippen LogP contribution in [0, 0.1) is 0 Å². The Labute approximate surface area is 173 Å². The lowest BCUT2D eigenvalue weighted by molar-refractivity contribution is -0.117. The minimum Gasteiger partial charge on any atom is -0.454 e. The van der Waals surface area contributed by atoms with Gasteiger partial charge in [0, 0.05) is 16.8 Å². The van der Waals surface area contributed by atoms with Crippen LogP contribution in [0.4, 0.5) is 11.4 Å². The molecule has 28 heavy (non-hydrogen) atoms. The molecule has 1 N–H and O–H groups in total. The number of carbonyl (C=O) groups is 1. The largest absolute Gasteiger partial charge is 0.454 e. The normalized spacial score (nSPS) is 13.9. The summed E-state index contributed by atoms with van der Waals surface area (Å²) >= 11 is 12.2. The summed E-state index contributed by atoms with van der Waals surface area (Å²) in [4.78, 5) is 12.9. The molecule has 1 aliphatic heterocycles. The molecule has 0 radical (unpaired) electrons. The molecule has 0 unspecified atom stereocenters. The number of ether oxygens (including phenoxy) is 2. The zero-order valence-corrected chi connectivity index (χ0v) is 17.4. The SMILES string of the molecule is CC[C@@H](C(=O)Nc1ccc2c(c1)OCO2)N(c1cc(Cl)ccc1Cl)S(C)(=O)=O. The van der Waals surface area contributed by atoms with Crippen molar-refractivity contribution in [1.29, 1.82) is 0 Å². The van der Waals surface area contributed by atoms with E-state index < -0.39 is 22.0 Å². The second kappa shape index (κ2) is 8.06. The molecule has 1 heterocycles. The lowest BCUT2D eigenvalue weighted by Crippen LogP contribution is -2.47. The van der Waals surface area contributed by atoms with Gasteiger partial charge in [0.15, 0.2) is 11.5 Å². The van der Waals surface area contributed by atoms with Gasteiger partial charge in [-0.15, -0.1) is 0 Å². The molecular formula is C18H18Cl2N2O5S. The van der Waals surface area contributed by atoms with Gasteiger partial charge in [-0.05, 0) is 36.8 Å². The Kier molecular flexibility index (Phi) is 5.92. The van der Waals surface area contributed by atoms with E-state index in [1.165, 1.54) is 12.1 Å². The number of anilines is 2. The van der Waals surface area contributed by atoms with Crippen LogP contribution in [0.3, 0.4) is 0 Å². The van der Waals surface area contributed by atoms with Gasteiger partial charge < -0.3 is 14.8 Å². The van der Waals surface area contributed by atoms with Crippen LogP contribution in [0.15, 0.2) is 36.4 Å². The van der Waals surface area contributed by atoms with Crippen molar-refractivity contribution < 1.29 is 22.7 Å². The van der Waals surface area contributed by atoms with Crippen LogP contribution < -0.4 is 19.1 Å². The monoisotopic (exact) mass is 444 g/mol. The molecular weight excluding hydrogens is 427 g/mol. The minimum absolute atomic E-state index is 0.111. The molecule has 2 aromatic carbocycles. The van der Waals surface area contributed by atoms with E-state index in [1.807, 2.05) is 0 Å². The van der Waals surface area contributed by atoms with Gasteiger partial charge in [0.2, 0.25) is 22.7 Å². The number of carbonyl (C=O) groups excluding carboxylic acids is 1. The van der Waals surface area contributed by atoms with Gasteiger partial charge >= 0.3 is 0 Å². The van der Waals surface area contributed by atoms with Crippen molar-refractivity contribution in [3.05, 3.63) is 46.4 Å². The fraction of sp³-hybridized carbons (Fsp3) is 0.278. The summed E-state index contributed by atoms with van der Waals surface area (Å²) < 4.78 is 36.6. The van der Waals surface area contributed by atoms with E-state index in [-0.39, 0.29) is 23.9 Å². The summed E-state index contributed by atoms with van der Waals surface area (Å²) in [5, 5.41) is 3.20. The molecule has 0 saturated heterocycles. The van der Waals surface area contributed by atoms with Crippen LogP contribution in [-0.4, -0.2) is 33.4 Å². The maximum atomic E-state index is 12.9. The number of nitrogens with zero attached hydrogens (tertiary/aromatic N) is 1. The lowest BCUT2D eigenvalue weighted by atomic mass is 10.1. The molecule has 150 valence electrons. The van der Waals surface area contributed by atoms with E-state index in [1.54, 1.807) is 31.2 Å². The average Bonchev–Trinajstić information content (AvgIpc) is 3.08. The fourth-order valence-corrected chi connectivity index (χ4v) is 4.53. The van der Waals surface area contributed by atoms with Gasteiger partial charge in [0.25, 0.3) is 0 Å². The Bertz CT molecular complexity index is 1010. The molecule has 1 atom stereocenters. The highest BCUT2D eigenvalue weighted by atomic mass is 35.5. The van der Waals surface area contributed by atoms with Gasteiger partial charge in [-0.3, -0.25) is 9.10 Å². The molecule has 0 fully saturated rings. The van der Waals surface area contributed by atoms with Crippen molar-refractivity contribution in [2.75, 3.05) is 22.7 Å². The van der Waals surface area contributed by atoms with Gasteiger partial charge in [-0.25, -0.2) is 8.42 Å². The predicted octanol–water partition coefficient (Wildman–Crippen LogP) is 3.91. The van der Waals surface area contributed by atoms with Crippen molar-refractivity contribution in [3.8, 4) is 11.5 Å². The van der Waals surface area contributed by atoms with Gasteiger partial charge in [-0.1, -0.05) is 30.1 Å². The van der Waals surface area contributed by atoms with Gasteiger partial charge in [0.1, 0.15) is 6.04 Å². The number of halogens is 2. The minimum atomic E-state index is -3.83. The molecule has 1 amide bonds. The first-order valence-electron chi connectivity index (χ1n) is 8.35. The zero-order chi connectivity index (χ0) is 20.5. The van der Waals surface area contributed by atoms with E-state index in [0.29, 0.717) is 22.2 Å². The van der Waals surface area contributed by atoms with Crippen LogP contribution in [0.1, 0.15) is 13.3 Å². The molecule has 0 saturated carbocycles. The zero-order valence-electron chi connectivity index (χ0n) is 15.1. The molecule has 0 aromatic heterocycles. The number of sulfonamides is 1. The molecule has 10 heteroatoms. The number of amides is 1. The Morgan fingerprint density at radius 1 is 1.18 bits per heavy atom. The summed E-state index contributed by atoms with van der Waals surface area (Å²) in [5.41, 5.74) is 0.600. The van der Waals surface area contributed by atoms with Crippen LogP contribution in [0.2, 0.25) is 10.0 Å². The van der Waals surface area contributed by atoms with Crippen molar-refractivity contribution in [2.24, 2.45) is 0 Å². The van der Waals surface area contributed by atoms with Crippen LogP contribution in [-0.2, 0) is 14.8 Å². The topological polar surface area (TPSA) is 84.9 Å². The van der Waals surface area contributed by atoms with E-state index in [2.05, 4.69) is 5.32 Å². The van der Waals surface area contributed by atoms with Crippen LogP contribution in [0.5, 0.6) is 11.5 Å². The Morgan fingerprint density at radius 2 is 1.89 bits per heavy atom. The van der Waals surface area contributed by atoms with E-state index in [0.717, 1.165) is 10.6 Å². The Morgan fingerprint density at radius 3 is 2.57 bits per heavy atom. The molecule has 3 rings (SSSR count). The summed E-state index contributed by atoms with van der Waals surface area (Å²) in [6, 6.07) is 8.35. The molecule has 1 aliphatic rings. The maximum Gasteiger partial charge on any atom is 0.248 e. The highest BCUT2D eigenvalue weighted by molar-refractivity contribution is 7.92. The van der Waals surface area contributed by atoms with E-state index in [4.69, 9.17) is 32.7 Å². The molecule has 7 nitrogen and oxygen atoms in total. The summed E-state index contributed by atoms with van der Waals surface area (Å²) in [7, 11) is -3.83. The highest BCUT2D eigenvalue weighted by Crippen LogP contribution is 2.35. The standard InChI is InChI=1S/C18H18Cl2N2O5S/c1-3-14(18(23)21-12-5-7-16-17(9-12)27-10-26-16)22(28(2,24)25)15-8-11(19)4-6-13(15)20/h4-9,14H,3,10H2,1-2H3,(H,21,23)/t14-/m0/s1. The fourth-order valence-electron chi connectivity index (χ4n) is 2.89. The van der Waals surface area contributed by atoms with Crippen molar-refractivity contribution >= 4 is 50.5 Å². The van der Waals surface area contributed by atoms with E-state index >= 15 is 0 Å². The number of hydrogen-bond donors (Lipinski definition) is 1. The number of rotatable bonds is 6. The third-order valence-electron chi connectivity index (χ3n) is 4.12. The third kappa shape index (κ3) is 4.29.